The van der Waals surface area contributed by atoms with Crippen molar-refractivity contribution >= 4 is 15.7 Å². The summed E-state index contributed by atoms with van der Waals surface area (Å²) < 4.78 is 34.9. The molecule has 1 saturated heterocycles. The van der Waals surface area contributed by atoms with Gasteiger partial charge >= 0.3 is 0 Å². The van der Waals surface area contributed by atoms with Gasteiger partial charge in [-0.3, -0.25) is 0 Å². The number of piperazine rings is 1. The summed E-state index contributed by atoms with van der Waals surface area (Å²) in [6.07, 6.45) is 1.91. The fourth-order valence-electron chi connectivity index (χ4n) is 4.17. The standard InChI is InChI=1S/C25H36N2O3S/c1-6-7-16-30-24-17-21(5)22(19(2)3)18-25(24)31(28,29)27-14-12-26(13-15-27)23-11-9-8-10-20(23)4/h8-11,17-19H,6-7,12-16H2,1-5H3. The lowest BCUT2D eigenvalue weighted by atomic mass is 9.98. The van der Waals surface area contributed by atoms with Crippen molar-refractivity contribution in [2.24, 2.45) is 0 Å². The van der Waals surface area contributed by atoms with Crippen LogP contribution >= 0.6 is 0 Å². The molecule has 0 unspecified atom stereocenters. The fourth-order valence-corrected chi connectivity index (χ4v) is 5.74. The minimum atomic E-state index is -3.64. The van der Waals surface area contributed by atoms with E-state index in [4.69, 9.17) is 4.74 Å². The number of anilines is 1. The van der Waals surface area contributed by atoms with Crippen molar-refractivity contribution in [2.75, 3.05) is 37.7 Å². The normalized spacial score (nSPS) is 15.5. The maximum atomic E-state index is 13.7. The third-order valence-corrected chi connectivity index (χ3v) is 7.94. The van der Waals surface area contributed by atoms with E-state index in [-0.39, 0.29) is 5.92 Å². The summed E-state index contributed by atoms with van der Waals surface area (Å²) in [5.41, 5.74) is 4.52. The van der Waals surface area contributed by atoms with Crippen LogP contribution in [0.5, 0.6) is 5.75 Å². The van der Waals surface area contributed by atoms with Crippen molar-refractivity contribution < 1.29 is 13.2 Å². The van der Waals surface area contributed by atoms with Crippen molar-refractivity contribution in [3.8, 4) is 5.75 Å². The Morgan fingerprint density at radius 2 is 1.68 bits per heavy atom. The Bertz CT molecular complexity index is 994. The molecule has 1 aliphatic heterocycles. The van der Waals surface area contributed by atoms with Gasteiger partial charge in [0, 0.05) is 31.9 Å². The molecule has 5 nitrogen and oxygen atoms in total. The largest absolute Gasteiger partial charge is 0.492 e. The van der Waals surface area contributed by atoms with Crippen LogP contribution in [0, 0.1) is 13.8 Å². The Labute approximate surface area is 188 Å². The zero-order valence-corrected chi connectivity index (χ0v) is 20.3. The number of sulfonamides is 1. The first-order valence-corrected chi connectivity index (χ1v) is 12.8. The second kappa shape index (κ2) is 10.0. The molecule has 0 saturated carbocycles. The van der Waals surface area contributed by atoms with E-state index in [2.05, 4.69) is 44.7 Å². The Morgan fingerprint density at radius 3 is 2.29 bits per heavy atom. The molecule has 6 heteroatoms. The highest BCUT2D eigenvalue weighted by molar-refractivity contribution is 7.89. The topological polar surface area (TPSA) is 49.9 Å². The lowest BCUT2D eigenvalue weighted by molar-refractivity contribution is 0.299. The number of rotatable bonds is 8. The highest BCUT2D eigenvalue weighted by Crippen LogP contribution is 2.34. The van der Waals surface area contributed by atoms with Crippen molar-refractivity contribution in [1.29, 1.82) is 0 Å². The first kappa shape index (κ1) is 23.6. The average molecular weight is 445 g/mol. The van der Waals surface area contributed by atoms with E-state index < -0.39 is 10.0 Å². The number of hydrogen-bond acceptors (Lipinski definition) is 4. The van der Waals surface area contributed by atoms with Crippen molar-refractivity contribution in [3.63, 3.8) is 0 Å². The summed E-state index contributed by atoms with van der Waals surface area (Å²) >= 11 is 0. The molecule has 0 aliphatic carbocycles. The zero-order chi connectivity index (χ0) is 22.6. The van der Waals surface area contributed by atoms with Gasteiger partial charge in [-0.2, -0.15) is 4.31 Å². The van der Waals surface area contributed by atoms with Gasteiger partial charge in [0.2, 0.25) is 10.0 Å². The number of unbranched alkanes of at least 4 members (excludes halogenated alkanes) is 1. The number of para-hydroxylation sites is 1. The van der Waals surface area contributed by atoms with Crippen LogP contribution in [-0.4, -0.2) is 45.5 Å². The Hall–Kier alpha value is -2.05. The second-order valence-electron chi connectivity index (χ2n) is 8.69. The van der Waals surface area contributed by atoms with E-state index in [0.29, 0.717) is 43.4 Å². The van der Waals surface area contributed by atoms with Crippen LogP contribution in [0.1, 0.15) is 56.2 Å². The van der Waals surface area contributed by atoms with Gasteiger partial charge in [0.25, 0.3) is 0 Å². The first-order chi connectivity index (χ1) is 14.8. The lowest BCUT2D eigenvalue weighted by Gasteiger charge is -2.36. The minimum absolute atomic E-state index is 0.247. The van der Waals surface area contributed by atoms with Crippen LogP contribution in [0.4, 0.5) is 5.69 Å². The number of aryl methyl sites for hydroxylation is 2. The van der Waals surface area contributed by atoms with Gasteiger partial charge in [-0.1, -0.05) is 45.4 Å². The quantitative estimate of drug-likeness (QED) is 0.531. The second-order valence-corrected chi connectivity index (χ2v) is 10.6. The van der Waals surface area contributed by atoms with Gasteiger partial charge < -0.3 is 9.64 Å². The minimum Gasteiger partial charge on any atom is -0.492 e. The van der Waals surface area contributed by atoms with E-state index in [0.717, 1.165) is 24.0 Å². The third-order valence-electron chi connectivity index (χ3n) is 6.02. The molecule has 1 fully saturated rings. The zero-order valence-electron chi connectivity index (χ0n) is 19.5. The Morgan fingerprint density at radius 1 is 1.00 bits per heavy atom. The molecule has 0 radical (unpaired) electrons. The molecule has 0 spiro atoms. The molecule has 2 aromatic carbocycles. The van der Waals surface area contributed by atoms with Crippen LogP contribution < -0.4 is 9.64 Å². The maximum Gasteiger partial charge on any atom is 0.246 e. The average Bonchev–Trinajstić information content (AvgIpc) is 2.74. The number of benzene rings is 2. The molecule has 0 atom stereocenters. The molecule has 3 rings (SSSR count). The van der Waals surface area contributed by atoms with Crippen molar-refractivity contribution in [1.82, 2.24) is 4.31 Å². The van der Waals surface area contributed by atoms with Crippen LogP contribution in [0.2, 0.25) is 0 Å². The molecule has 1 heterocycles. The molecule has 170 valence electrons. The van der Waals surface area contributed by atoms with E-state index in [1.165, 1.54) is 11.3 Å². The number of nitrogens with zero attached hydrogens (tertiary/aromatic N) is 2. The van der Waals surface area contributed by atoms with E-state index in [1.54, 1.807) is 4.31 Å². The van der Waals surface area contributed by atoms with Gasteiger partial charge in [-0.15, -0.1) is 0 Å². The maximum absolute atomic E-state index is 13.7. The molecular weight excluding hydrogens is 408 g/mol. The molecule has 0 bridgehead atoms. The highest BCUT2D eigenvalue weighted by Gasteiger charge is 2.32. The van der Waals surface area contributed by atoms with E-state index in [1.807, 2.05) is 31.2 Å². The summed E-state index contributed by atoms with van der Waals surface area (Å²) in [7, 11) is -3.64. The van der Waals surface area contributed by atoms with Gasteiger partial charge in [0.05, 0.1) is 6.61 Å². The predicted molar refractivity (Wildman–Crippen MR) is 128 cm³/mol. The van der Waals surface area contributed by atoms with E-state index >= 15 is 0 Å². The molecule has 2 aromatic rings. The number of hydrogen-bond donors (Lipinski definition) is 0. The molecule has 31 heavy (non-hydrogen) atoms. The van der Waals surface area contributed by atoms with E-state index in [9.17, 15) is 8.42 Å². The van der Waals surface area contributed by atoms with Gasteiger partial charge in [0.15, 0.2) is 0 Å². The third kappa shape index (κ3) is 5.24. The first-order valence-electron chi connectivity index (χ1n) is 11.3. The van der Waals surface area contributed by atoms with Gasteiger partial charge in [-0.05, 0) is 61.1 Å². The summed E-state index contributed by atoms with van der Waals surface area (Å²) in [5, 5.41) is 0. The molecule has 0 aromatic heterocycles. The van der Waals surface area contributed by atoms with Gasteiger partial charge in [0.1, 0.15) is 10.6 Å². The van der Waals surface area contributed by atoms with Crippen LogP contribution in [0.25, 0.3) is 0 Å². The lowest BCUT2D eigenvalue weighted by Crippen LogP contribution is -2.48. The molecule has 0 N–H and O–H groups in total. The predicted octanol–water partition coefficient (Wildman–Crippen LogP) is 5.12. The Kier molecular flexibility index (Phi) is 7.65. The smallest absolute Gasteiger partial charge is 0.246 e. The monoisotopic (exact) mass is 444 g/mol. The summed E-state index contributed by atoms with van der Waals surface area (Å²) in [4.78, 5) is 2.58. The van der Waals surface area contributed by atoms with Crippen LogP contribution in [-0.2, 0) is 10.0 Å². The summed E-state index contributed by atoms with van der Waals surface area (Å²) in [6, 6.07) is 12.0. The molecule has 0 amide bonds. The Balaban J connectivity index is 1.87. The SMILES string of the molecule is CCCCOc1cc(C)c(C(C)C)cc1S(=O)(=O)N1CCN(c2ccccc2C)CC1. The van der Waals surface area contributed by atoms with Gasteiger partial charge in [-0.25, -0.2) is 8.42 Å². The fraction of sp³-hybridized carbons (Fsp3) is 0.520. The molecular formula is C25H36N2O3S. The van der Waals surface area contributed by atoms with Crippen LogP contribution in [0.3, 0.4) is 0 Å². The van der Waals surface area contributed by atoms with Crippen LogP contribution in [0.15, 0.2) is 41.3 Å². The summed E-state index contributed by atoms with van der Waals surface area (Å²) in [6.45, 7) is 13.2. The van der Waals surface area contributed by atoms with Crippen molar-refractivity contribution in [2.45, 2.75) is 58.3 Å². The number of ether oxygens (including phenoxy) is 1. The summed E-state index contributed by atoms with van der Waals surface area (Å²) in [5.74, 6) is 0.730. The highest BCUT2D eigenvalue weighted by atomic mass is 32.2. The van der Waals surface area contributed by atoms with Crippen molar-refractivity contribution in [3.05, 3.63) is 53.1 Å². The molecule has 1 aliphatic rings.